The molecule has 0 aliphatic carbocycles. The first-order valence-corrected chi connectivity index (χ1v) is 2.36. The van der Waals surface area contributed by atoms with Gasteiger partial charge in [0.25, 0.3) is 0 Å². The molecule has 1 atom stereocenters. The second kappa shape index (κ2) is 2.87. The predicted octanol–water partition coefficient (Wildman–Crippen LogP) is 0.221. The van der Waals surface area contributed by atoms with Crippen LogP contribution in [0.4, 0.5) is 13.2 Å². The summed E-state index contributed by atoms with van der Waals surface area (Å²) in [5, 5.41) is 9.54. The summed E-state index contributed by atoms with van der Waals surface area (Å²) < 4.78 is 34.6. The van der Waals surface area contributed by atoms with Gasteiger partial charge >= 0.3 is 12.1 Å². The Morgan fingerprint density at radius 1 is 1.60 bits per heavy atom. The van der Waals surface area contributed by atoms with Gasteiger partial charge in [-0.3, -0.25) is 10.1 Å². The Kier molecular flexibility index (Phi) is 2.65. The zero-order chi connectivity index (χ0) is 8.36. The van der Waals surface area contributed by atoms with Crippen LogP contribution in [0.3, 0.4) is 0 Å². The summed E-state index contributed by atoms with van der Waals surface area (Å²) in [6.07, 6.45) is -4.72. The van der Waals surface area contributed by atoms with Gasteiger partial charge in [0.1, 0.15) is 0 Å². The average molecular weight is 157 g/mol. The van der Waals surface area contributed by atoms with Crippen LogP contribution in [0.15, 0.2) is 0 Å². The summed E-state index contributed by atoms with van der Waals surface area (Å²) in [4.78, 5) is 9.79. The molecule has 2 N–H and O–H groups in total. The van der Waals surface area contributed by atoms with Gasteiger partial charge in [-0.2, -0.15) is 13.2 Å². The number of carboxylic acids is 1. The first kappa shape index (κ1) is 9.22. The Balaban J connectivity index is 4.22. The maximum absolute atomic E-state index is 11.5. The lowest BCUT2D eigenvalue weighted by atomic mass is 10.3. The Hall–Kier alpha value is -0.780. The minimum Gasteiger partial charge on any atom is -0.480 e. The van der Waals surface area contributed by atoms with Gasteiger partial charge in [0.05, 0.1) is 0 Å². The standard InChI is InChI=1S/C4H6F3NO2/c1-8-2(3(9)10)4(5,6)7/h2,8H,1H3,(H,9,10)/t2-/m1/s1. The van der Waals surface area contributed by atoms with Crippen molar-refractivity contribution in [2.24, 2.45) is 0 Å². The fourth-order valence-corrected chi connectivity index (χ4v) is 0.427. The highest BCUT2D eigenvalue weighted by Gasteiger charge is 2.43. The van der Waals surface area contributed by atoms with Crippen molar-refractivity contribution in [1.82, 2.24) is 5.32 Å². The van der Waals surface area contributed by atoms with Crippen LogP contribution in [0.2, 0.25) is 0 Å². The van der Waals surface area contributed by atoms with Crippen molar-refractivity contribution < 1.29 is 23.1 Å². The van der Waals surface area contributed by atoms with E-state index in [2.05, 4.69) is 0 Å². The molecule has 0 rings (SSSR count). The van der Waals surface area contributed by atoms with Crippen LogP contribution in [0.1, 0.15) is 0 Å². The van der Waals surface area contributed by atoms with Crippen LogP contribution in [0.25, 0.3) is 0 Å². The molecule has 0 aliphatic heterocycles. The van der Waals surface area contributed by atoms with Crippen LogP contribution in [-0.4, -0.2) is 30.3 Å². The van der Waals surface area contributed by atoms with Gasteiger partial charge < -0.3 is 5.11 Å². The first-order chi connectivity index (χ1) is 4.39. The van der Waals surface area contributed by atoms with Gasteiger partial charge in [0, 0.05) is 0 Å². The molecule has 0 saturated heterocycles. The molecule has 0 unspecified atom stereocenters. The smallest absolute Gasteiger partial charge is 0.414 e. The van der Waals surface area contributed by atoms with E-state index < -0.39 is 18.2 Å². The summed E-state index contributed by atoms with van der Waals surface area (Å²) in [7, 11) is 0.937. The fraction of sp³-hybridized carbons (Fsp3) is 0.750. The van der Waals surface area contributed by atoms with Crippen LogP contribution < -0.4 is 5.32 Å². The van der Waals surface area contributed by atoms with Crippen molar-refractivity contribution in [3.05, 3.63) is 0 Å². The number of nitrogens with one attached hydrogen (secondary N) is 1. The molecule has 0 saturated carbocycles. The van der Waals surface area contributed by atoms with Gasteiger partial charge in [0.2, 0.25) is 6.04 Å². The monoisotopic (exact) mass is 157 g/mol. The third kappa shape index (κ3) is 2.22. The van der Waals surface area contributed by atoms with Crippen molar-refractivity contribution in [1.29, 1.82) is 0 Å². The van der Waals surface area contributed by atoms with E-state index >= 15 is 0 Å². The molecule has 0 bridgehead atoms. The molecule has 60 valence electrons. The minimum atomic E-state index is -4.72. The van der Waals surface area contributed by atoms with E-state index in [9.17, 15) is 18.0 Å². The van der Waals surface area contributed by atoms with Crippen LogP contribution >= 0.6 is 0 Å². The average Bonchev–Trinajstić information content (AvgIpc) is 1.60. The number of rotatable bonds is 2. The van der Waals surface area contributed by atoms with E-state index in [0.717, 1.165) is 7.05 Å². The van der Waals surface area contributed by atoms with Gasteiger partial charge in [-0.15, -0.1) is 0 Å². The fourth-order valence-electron chi connectivity index (χ4n) is 0.427. The lowest BCUT2D eigenvalue weighted by Gasteiger charge is -2.13. The number of carboxylic acid groups (broad SMARTS) is 1. The predicted molar refractivity (Wildman–Crippen MR) is 26.5 cm³/mol. The Labute approximate surface area is 54.8 Å². The molecule has 3 nitrogen and oxygen atoms in total. The highest BCUT2D eigenvalue weighted by Crippen LogP contribution is 2.19. The normalized spacial score (nSPS) is 14.8. The number of halogens is 3. The van der Waals surface area contributed by atoms with E-state index in [4.69, 9.17) is 5.11 Å². The number of hydrogen-bond donors (Lipinski definition) is 2. The molecule has 0 spiro atoms. The van der Waals surface area contributed by atoms with Crippen molar-refractivity contribution >= 4 is 5.97 Å². The van der Waals surface area contributed by atoms with Crippen molar-refractivity contribution in [3.8, 4) is 0 Å². The molecular weight excluding hydrogens is 151 g/mol. The molecule has 0 aromatic heterocycles. The van der Waals surface area contributed by atoms with Gasteiger partial charge in [-0.25, -0.2) is 0 Å². The minimum absolute atomic E-state index is 0.937. The lowest BCUT2D eigenvalue weighted by Crippen LogP contribution is -2.46. The summed E-state index contributed by atoms with van der Waals surface area (Å²) in [5.74, 6) is -1.92. The second-order valence-corrected chi connectivity index (χ2v) is 1.60. The van der Waals surface area contributed by atoms with Gasteiger partial charge in [-0.05, 0) is 7.05 Å². The third-order valence-electron chi connectivity index (χ3n) is 0.863. The van der Waals surface area contributed by atoms with Crippen LogP contribution in [0, 0.1) is 0 Å². The lowest BCUT2D eigenvalue weighted by molar-refractivity contribution is -0.179. The Bertz CT molecular complexity index is 133. The van der Waals surface area contributed by atoms with Gasteiger partial charge in [0.15, 0.2) is 0 Å². The molecule has 10 heavy (non-hydrogen) atoms. The largest absolute Gasteiger partial charge is 0.480 e. The summed E-state index contributed by atoms with van der Waals surface area (Å²) in [5.41, 5.74) is 0. The molecule has 0 aromatic rings. The van der Waals surface area contributed by atoms with Gasteiger partial charge in [-0.1, -0.05) is 0 Å². The van der Waals surface area contributed by atoms with Crippen molar-refractivity contribution in [2.45, 2.75) is 12.2 Å². The maximum atomic E-state index is 11.5. The summed E-state index contributed by atoms with van der Waals surface area (Å²) in [6.45, 7) is 0. The third-order valence-corrected chi connectivity index (χ3v) is 0.863. The molecule has 0 fully saturated rings. The summed E-state index contributed by atoms with van der Waals surface area (Å²) >= 11 is 0. The van der Waals surface area contributed by atoms with E-state index in [1.54, 1.807) is 5.32 Å². The molecule has 0 aliphatic rings. The molecular formula is C4H6F3NO2. The summed E-state index contributed by atoms with van der Waals surface area (Å²) in [6, 6.07) is -2.47. The van der Waals surface area contributed by atoms with Crippen LogP contribution in [0.5, 0.6) is 0 Å². The number of alkyl halides is 3. The van der Waals surface area contributed by atoms with Crippen molar-refractivity contribution in [3.63, 3.8) is 0 Å². The topological polar surface area (TPSA) is 49.3 Å². The second-order valence-electron chi connectivity index (χ2n) is 1.60. The van der Waals surface area contributed by atoms with Crippen LogP contribution in [-0.2, 0) is 4.79 Å². The number of likely N-dealkylation sites (N-methyl/N-ethyl adjacent to an activating group) is 1. The number of aliphatic carboxylic acids is 1. The highest BCUT2D eigenvalue weighted by molar-refractivity contribution is 5.74. The molecule has 0 aromatic carbocycles. The maximum Gasteiger partial charge on any atom is 0.414 e. The molecule has 0 amide bonds. The quantitative estimate of drug-likeness (QED) is 0.602. The Morgan fingerprint density at radius 2 is 2.00 bits per heavy atom. The van der Waals surface area contributed by atoms with Crippen molar-refractivity contribution in [2.75, 3.05) is 7.05 Å². The van der Waals surface area contributed by atoms with E-state index in [-0.39, 0.29) is 0 Å². The van der Waals surface area contributed by atoms with E-state index in [0.29, 0.717) is 0 Å². The molecule has 6 heteroatoms. The highest BCUT2D eigenvalue weighted by atomic mass is 19.4. The molecule has 0 heterocycles. The number of carbonyl (C=O) groups is 1. The zero-order valence-corrected chi connectivity index (χ0v) is 5.07. The SMILES string of the molecule is CN[C@H](C(=O)O)C(F)(F)F. The van der Waals surface area contributed by atoms with E-state index in [1.165, 1.54) is 0 Å². The zero-order valence-electron chi connectivity index (χ0n) is 5.07. The molecule has 0 radical (unpaired) electrons. The Morgan fingerprint density at radius 3 is 2.00 bits per heavy atom. The van der Waals surface area contributed by atoms with E-state index in [1.807, 2.05) is 0 Å². The first-order valence-electron chi connectivity index (χ1n) is 2.36. The number of hydrogen-bond acceptors (Lipinski definition) is 2.